The molecule has 8 heavy (non-hydrogen) atoms. The summed E-state index contributed by atoms with van der Waals surface area (Å²) in [5.74, 6) is 0. The molecular formula is C6H12ClP. The zero-order valence-electron chi connectivity index (χ0n) is 4.89. The molecule has 0 aromatic carbocycles. The van der Waals surface area contributed by atoms with E-state index in [4.69, 9.17) is 0 Å². The minimum atomic E-state index is 0. The summed E-state index contributed by atoms with van der Waals surface area (Å²) in [5.41, 5.74) is 0. The maximum Gasteiger partial charge on any atom is -0.0172 e. The summed E-state index contributed by atoms with van der Waals surface area (Å²) in [6, 6.07) is 0. The minimum absolute atomic E-state index is 0. The first kappa shape index (κ1) is 11.1. The lowest BCUT2D eigenvalue weighted by Crippen LogP contribution is -1.65. The highest BCUT2D eigenvalue weighted by Gasteiger charge is 1.73. The summed E-state index contributed by atoms with van der Waals surface area (Å²) < 4.78 is 0. The first-order valence-corrected chi connectivity index (χ1v) is 3.75. The molecule has 0 saturated heterocycles. The van der Waals surface area contributed by atoms with Crippen molar-refractivity contribution in [1.82, 2.24) is 0 Å². The zero-order chi connectivity index (χ0) is 5.54. The van der Waals surface area contributed by atoms with E-state index in [1.807, 2.05) is 12.2 Å². The highest BCUT2D eigenvalue weighted by atomic mass is 35.5. The van der Waals surface area contributed by atoms with Gasteiger partial charge in [-0.15, -0.1) is 34.1 Å². The van der Waals surface area contributed by atoms with Gasteiger partial charge in [0.1, 0.15) is 0 Å². The lowest BCUT2D eigenvalue weighted by molar-refractivity contribution is 1.71. The molecular weight excluding hydrogens is 138 g/mol. The van der Waals surface area contributed by atoms with Crippen LogP contribution < -0.4 is 0 Å². The van der Waals surface area contributed by atoms with E-state index in [9.17, 15) is 0 Å². The van der Waals surface area contributed by atoms with Gasteiger partial charge in [0.05, 0.1) is 0 Å². The van der Waals surface area contributed by atoms with Crippen molar-refractivity contribution in [1.29, 1.82) is 0 Å². The van der Waals surface area contributed by atoms with Crippen LogP contribution in [0.3, 0.4) is 0 Å². The molecule has 0 heterocycles. The molecule has 0 aliphatic heterocycles. The van der Waals surface area contributed by atoms with Crippen molar-refractivity contribution in [3.05, 3.63) is 25.3 Å². The minimum Gasteiger partial charge on any atom is -0.147 e. The summed E-state index contributed by atoms with van der Waals surface area (Å²) in [4.78, 5) is 0. The van der Waals surface area contributed by atoms with E-state index < -0.39 is 0 Å². The molecule has 0 N–H and O–H groups in total. The maximum atomic E-state index is 3.61. The molecule has 0 radical (unpaired) electrons. The molecule has 0 saturated carbocycles. The van der Waals surface area contributed by atoms with E-state index >= 15 is 0 Å². The fraction of sp³-hybridized carbons (Fsp3) is 0.333. The fourth-order valence-electron chi connectivity index (χ4n) is 0.287. The second-order valence-electron chi connectivity index (χ2n) is 1.24. The Balaban J connectivity index is 0. The summed E-state index contributed by atoms with van der Waals surface area (Å²) in [6.07, 6.45) is 6.18. The van der Waals surface area contributed by atoms with Crippen LogP contribution in [-0.4, -0.2) is 12.3 Å². The van der Waals surface area contributed by atoms with Crippen molar-refractivity contribution in [3.8, 4) is 0 Å². The van der Waals surface area contributed by atoms with Gasteiger partial charge >= 0.3 is 0 Å². The van der Waals surface area contributed by atoms with Crippen LogP contribution in [0.5, 0.6) is 0 Å². The smallest absolute Gasteiger partial charge is 0.0172 e. The Morgan fingerprint density at radius 1 is 1.12 bits per heavy atom. The third-order valence-electron chi connectivity index (χ3n) is 0.577. The van der Waals surface area contributed by atoms with Crippen LogP contribution in [0.4, 0.5) is 0 Å². The van der Waals surface area contributed by atoms with Crippen LogP contribution in [-0.2, 0) is 0 Å². The number of rotatable bonds is 4. The molecule has 48 valence electrons. The Bertz CT molecular complexity index is 53.5. The fourth-order valence-corrected chi connectivity index (χ4v) is 0.862. The van der Waals surface area contributed by atoms with Crippen LogP contribution in [0.15, 0.2) is 25.3 Å². The van der Waals surface area contributed by atoms with Crippen LogP contribution >= 0.6 is 21.0 Å². The molecule has 0 aliphatic rings. The average Bonchev–Trinajstić information content (AvgIpc) is 1.69. The molecule has 0 spiro atoms. The molecule has 0 bridgehead atoms. The van der Waals surface area contributed by atoms with Gasteiger partial charge in [-0.1, -0.05) is 12.2 Å². The SMILES string of the molecule is C=CCPCC=C.Cl. The molecule has 0 atom stereocenters. The number of halogens is 1. The Kier molecular flexibility index (Phi) is 14.1. The third-order valence-corrected chi connectivity index (χ3v) is 1.73. The zero-order valence-corrected chi connectivity index (χ0v) is 6.71. The molecule has 0 amide bonds. The highest BCUT2D eigenvalue weighted by molar-refractivity contribution is 7.38. The first-order chi connectivity index (χ1) is 3.41. The Labute approximate surface area is 59.3 Å². The van der Waals surface area contributed by atoms with Gasteiger partial charge in [-0.3, -0.25) is 0 Å². The van der Waals surface area contributed by atoms with E-state index in [2.05, 4.69) is 13.2 Å². The van der Waals surface area contributed by atoms with Crippen LogP contribution in [0.1, 0.15) is 0 Å². The topological polar surface area (TPSA) is 0 Å². The third kappa shape index (κ3) is 9.50. The van der Waals surface area contributed by atoms with Gasteiger partial charge in [0.2, 0.25) is 0 Å². The van der Waals surface area contributed by atoms with Gasteiger partial charge in [0.15, 0.2) is 0 Å². The van der Waals surface area contributed by atoms with Crippen molar-refractivity contribution in [2.45, 2.75) is 0 Å². The lowest BCUT2D eigenvalue weighted by atomic mass is 10.8. The molecule has 0 nitrogen and oxygen atoms in total. The normalized spacial score (nSPS) is 7.00. The molecule has 0 aromatic heterocycles. The van der Waals surface area contributed by atoms with Crippen molar-refractivity contribution in [3.63, 3.8) is 0 Å². The Morgan fingerprint density at radius 3 is 1.75 bits per heavy atom. The van der Waals surface area contributed by atoms with E-state index in [1.165, 1.54) is 0 Å². The quantitative estimate of drug-likeness (QED) is 0.328. The highest BCUT2D eigenvalue weighted by Crippen LogP contribution is 2.07. The van der Waals surface area contributed by atoms with Gasteiger partial charge < -0.3 is 0 Å². The molecule has 0 aliphatic carbocycles. The predicted octanol–water partition coefficient (Wildman–Crippen LogP) is 2.46. The van der Waals surface area contributed by atoms with Gasteiger partial charge in [0.25, 0.3) is 0 Å². The van der Waals surface area contributed by atoms with E-state index in [1.54, 1.807) is 0 Å². The molecule has 0 rings (SSSR count). The van der Waals surface area contributed by atoms with Crippen molar-refractivity contribution in [2.75, 3.05) is 12.3 Å². The van der Waals surface area contributed by atoms with Crippen molar-refractivity contribution >= 4 is 21.0 Å². The monoisotopic (exact) mass is 150 g/mol. The summed E-state index contributed by atoms with van der Waals surface area (Å²) in [7, 11) is 0.996. The van der Waals surface area contributed by atoms with Gasteiger partial charge in [-0.2, -0.15) is 0 Å². The largest absolute Gasteiger partial charge is 0.147 e. The molecule has 0 aromatic rings. The Hall–Kier alpha value is 0.200. The van der Waals surface area contributed by atoms with Crippen LogP contribution in [0.2, 0.25) is 0 Å². The summed E-state index contributed by atoms with van der Waals surface area (Å²) in [6.45, 7) is 7.21. The van der Waals surface area contributed by atoms with Crippen molar-refractivity contribution in [2.24, 2.45) is 0 Å². The summed E-state index contributed by atoms with van der Waals surface area (Å²) >= 11 is 0. The average molecular weight is 151 g/mol. The number of allylic oxidation sites excluding steroid dienone is 2. The van der Waals surface area contributed by atoms with E-state index in [0.29, 0.717) is 0 Å². The number of hydrogen-bond donors (Lipinski definition) is 0. The maximum absolute atomic E-state index is 3.61. The van der Waals surface area contributed by atoms with Gasteiger partial charge in [-0.05, 0) is 12.3 Å². The van der Waals surface area contributed by atoms with Crippen LogP contribution in [0.25, 0.3) is 0 Å². The van der Waals surface area contributed by atoms with E-state index in [-0.39, 0.29) is 12.4 Å². The van der Waals surface area contributed by atoms with Crippen molar-refractivity contribution < 1.29 is 0 Å². The second-order valence-corrected chi connectivity index (χ2v) is 2.55. The molecule has 2 heteroatoms. The standard InChI is InChI=1S/C6H11P.ClH/c1-3-5-7-6-4-2;/h3-4,7H,1-2,5-6H2;1H. The number of hydrogen-bond acceptors (Lipinski definition) is 0. The molecule has 0 unspecified atom stereocenters. The predicted molar refractivity (Wildman–Crippen MR) is 45.7 cm³/mol. The lowest BCUT2D eigenvalue weighted by Gasteiger charge is -1.85. The first-order valence-electron chi connectivity index (χ1n) is 2.34. The second kappa shape index (κ2) is 10.2. The van der Waals surface area contributed by atoms with Crippen LogP contribution in [0, 0.1) is 0 Å². The van der Waals surface area contributed by atoms with Gasteiger partial charge in [-0.25, -0.2) is 0 Å². The molecule has 0 fully saturated rings. The Morgan fingerprint density at radius 2 is 1.50 bits per heavy atom. The van der Waals surface area contributed by atoms with Gasteiger partial charge in [0, 0.05) is 0 Å². The summed E-state index contributed by atoms with van der Waals surface area (Å²) in [5, 5.41) is 0. The van der Waals surface area contributed by atoms with E-state index in [0.717, 1.165) is 20.9 Å².